The second-order valence-electron chi connectivity index (χ2n) is 15.3. The van der Waals surface area contributed by atoms with Crippen molar-refractivity contribution in [2.45, 2.75) is 0 Å². The van der Waals surface area contributed by atoms with Gasteiger partial charge in [0, 0.05) is 60.5 Å². The summed E-state index contributed by atoms with van der Waals surface area (Å²) in [6, 6.07) is 69.6. The van der Waals surface area contributed by atoms with Crippen molar-refractivity contribution in [1.29, 1.82) is 0 Å². The van der Waals surface area contributed by atoms with E-state index in [-0.39, 0.29) is 0 Å². The predicted molar refractivity (Wildman–Crippen MR) is 241 cm³/mol. The highest BCUT2D eigenvalue weighted by molar-refractivity contribution is 6.26. The summed E-state index contributed by atoms with van der Waals surface area (Å²) in [4.78, 5) is 0. The minimum atomic E-state index is 0.854. The molecular weight excluding hydrogens is 709 g/mol. The lowest BCUT2D eigenvalue weighted by Gasteiger charge is -2.10. The Hall–Kier alpha value is -7.82. The Balaban J connectivity index is 0.943. The van der Waals surface area contributed by atoms with Gasteiger partial charge in [-0.05, 0) is 101 Å². The maximum absolute atomic E-state index is 6.58. The van der Waals surface area contributed by atoms with Crippen molar-refractivity contribution < 1.29 is 8.83 Å². The lowest BCUT2D eigenvalue weighted by Crippen LogP contribution is -1.94. The number of nitrogens with zero attached hydrogens (tertiary/aromatic N) is 2. The van der Waals surface area contributed by atoms with Crippen LogP contribution in [0.1, 0.15) is 0 Å². The Kier molecular flexibility index (Phi) is 6.41. The molecule has 0 radical (unpaired) electrons. The highest BCUT2D eigenvalue weighted by Gasteiger charge is 2.19. The van der Waals surface area contributed by atoms with Gasteiger partial charge in [-0.25, -0.2) is 0 Å². The summed E-state index contributed by atoms with van der Waals surface area (Å²) in [5.74, 6) is 0. The van der Waals surface area contributed by atoms with Crippen molar-refractivity contribution in [1.82, 2.24) is 9.13 Å². The van der Waals surface area contributed by atoms with Gasteiger partial charge in [0.05, 0.1) is 22.1 Å². The standard InChI is InChI=1S/C54H32N2O2/c1-2-10-33(11-3-1)34-18-22-37(23-19-34)55-45-15-7-4-12-39(45)43-30-35(20-26-47(43)55)36-21-27-48-44(31-36)40-13-5-8-16-46(40)56(48)38-24-25-42-52(32-38)58-51-29-28-50-53(54(42)51)41-14-6-9-17-49(41)57-50/h1-32H. The van der Waals surface area contributed by atoms with Crippen LogP contribution in [0, 0.1) is 0 Å². The van der Waals surface area contributed by atoms with Gasteiger partial charge in [0.1, 0.15) is 22.3 Å². The fourth-order valence-corrected chi connectivity index (χ4v) is 9.50. The highest BCUT2D eigenvalue weighted by Crippen LogP contribution is 2.42. The summed E-state index contributed by atoms with van der Waals surface area (Å²) in [5, 5.41) is 9.29. The topological polar surface area (TPSA) is 36.1 Å². The molecule has 0 bridgehead atoms. The molecular formula is C54H32N2O2. The van der Waals surface area contributed by atoms with E-state index in [1.165, 1.54) is 54.8 Å². The quantitative estimate of drug-likeness (QED) is 0.180. The molecule has 0 atom stereocenters. The number of para-hydroxylation sites is 3. The molecule has 0 aliphatic rings. The van der Waals surface area contributed by atoms with Gasteiger partial charge in [0.25, 0.3) is 0 Å². The van der Waals surface area contributed by atoms with Gasteiger partial charge < -0.3 is 18.0 Å². The largest absolute Gasteiger partial charge is 0.456 e. The van der Waals surface area contributed by atoms with Gasteiger partial charge in [-0.15, -0.1) is 0 Å². The van der Waals surface area contributed by atoms with Crippen LogP contribution in [-0.2, 0) is 0 Å². The van der Waals surface area contributed by atoms with Crippen LogP contribution >= 0.6 is 0 Å². The number of benzene rings is 9. The zero-order valence-electron chi connectivity index (χ0n) is 31.2. The molecule has 0 saturated carbocycles. The zero-order valence-corrected chi connectivity index (χ0v) is 31.2. The lowest BCUT2D eigenvalue weighted by molar-refractivity contribution is 0.662. The average molecular weight is 741 g/mol. The Morgan fingerprint density at radius 2 is 0.724 bits per heavy atom. The summed E-state index contributed by atoms with van der Waals surface area (Å²) in [7, 11) is 0. The molecule has 0 aliphatic carbocycles. The number of fused-ring (bicyclic) bond motifs is 13. The molecule has 0 unspecified atom stereocenters. The molecule has 4 heterocycles. The average Bonchev–Trinajstić information content (AvgIpc) is 4.03. The molecule has 270 valence electrons. The van der Waals surface area contributed by atoms with Crippen LogP contribution in [0.25, 0.3) is 121 Å². The molecule has 0 N–H and O–H groups in total. The molecule has 0 fully saturated rings. The van der Waals surface area contributed by atoms with E-state index in [4.69, 9.17) is 8.83 Å². The van der Waals surface area contributed by atoms with Gasteiger partial charge in [0.15, 0.2) is 0 Å². The van der Waals surface area contributed by atoms with E-state index >= 15 is 0 Å². The van der Waals surface area contributed by atoms with Crippen molar-refractivity contribution >= 4 is 87.5 Å². The van der Waals surface area contributed by atoms with E-state index in [0.29, 0.717) is 0 Å². The maximum Gasteiger partial charge on any atom is 0.137 e. The first-order valence-corrected chi connectivity index (χ1v) is 19.7. The van der Waals surface area contributed by atoms with Gasteiger partial charge in [0.2, 0.25) is 0 Å². The minimum absolute atomic E-state index is 0.854. The number of aromatic nitrogens is 2. The second-order valence-corrected chi connectivity index (χ2v) is 15.3. The van der Waals surface area contributed by atoms with E-state index < -0.39 is 0 Å². The Morgan fingerprint density at radius 1 is 0.259 bits per heavy atom. The maximum atomic E-state index is 6.58. The van der Waals surface area contributed by atoms with E-state index in [1.54, 1.807) is 0 Å². The molecule has 0 amide bonds. The number of hydrogen-bond donors (Lipinski definition) is 0. The van der Waals surface area contributed by atoms with Crippen molar-refractivity contribution in [3.05, 3.63) is 194 Å². The molecule has 9 aromatic carbocycles. The van der Waals surface area contributed by atoms with Gasteiger partial charge in [-0.1, -0.05) is 109 Å². The lowest BCUT2D eigenvalue weighted by atomic mass is 10.0. The van der Waals surface area contributed by atoms with Crippen molar-refractivity contribution in [3.63, 3.8) is 0 Å². The minimum Gasteiger partial charge on any atom is -0.456 e. The van der Waals surface area contributed by atoms with E-state index in [2.05, 4.69) is 179 Å². The monoisotopic (exact) mass is 740 g/mol. The Labute approximate surface area is 332 Å². The number of furan rings is 2. The summed E-state index contributed by atoms with van der Waals surface area (Å²) >= 11 is 0. The first-order valence-electron chi connectivity index (χ1n) is 19.7. The van der Waals surface area contributed by atoms with Crippen molar-refractivity contribution in [3.8, 4) is 33.6 Å². The first kappa shape index (κ1) is 31.4. The summed E-state index contributed by atoms with van der Waals surface area (Å²) in [6.45, 7) is 0. The van der Waals surface area contributed by atoms with Gasteiger partial charge in [-0.3, -0.25) is 0 Å². The van der Waals surface area contributed by atoms with Crippen molar-refractivity contribution in [2.75, 3.05) is 0 Å². The summed E-state index contributed by atoms with van der Waals surface area (Å²) in [6.07, 6.45) is 0. The fraction of sp³-hybridized carbons (Fsp3) is 0. The number of hydrogen-bond acceptors (Lipinski definition) is 2. The third-order valence-electron chi connectivity index (χ3n) is 12.1. The highest BCUT2D eigenvalue weighted by atomic mass is 16.3. The molecule has 58 heavy (non-hydrogen) atoms. The van der Waals surface area contributed by atoms with Crippen molar-refractivity contribution in [2.24, 2.45) is 0 Å². The van der Waals surface area contributed by atoms with Crippen LogP contribution in [-0.4, -0.2) is 9.13 Å². The fourth-order valence-electron chi connectivity index (χ4n) is 9.50. The second kappa shape index (κ2) is 11.8. The number of rotatable bonds is 4. The smallest absolute Gasteiger partial charge is 0.137 e. The summed E-state index contributed by atoms with van der Waals surface area (Å²) in [5.41, 5.74) is 15.2. The zero-order chi connectivity index (χ0) is 37.9. The summed E-state index contributed by atoms with van der Waals surface area (Å²) < 4.78 is 17.6. The van der Waals surface area contributed by atoms with Crippen LogP contribution in [0.3, 0.4) is 0 Å². The van der Waals surface area contributed by atoms with Gasteiger partial charge >= 0.3 is 0 Å². The molecule has 4 nitrogen and oxygen atoms in total. The van der Waals surface area contributed by atoms with E-state index in [9.17, 15) is 0 Å². The SMILES string of the molecule is c1ccc(-c2ccc(-n3c4ccccc4c4cc(-c5ccc6c(c5)c5ccccc5n6-c5ccc6c(c5)oc5ccc7oc8ccccc8c7c56)ccc43)cc2)cc1. The third kappa shape index (κ3) is 4.45. The van der Waals surface area contributed by atoms with Crippen LogP contribution in [0.15, 0.2) is 203 Å². The van der Waals surface area contributed by atoms with Crippen LogP contribution in [0.2, 0.25) is 0 Å². The Morgan fingerprint density at radius 3 is 1.38 bits per heavy atom. The molecule has 13 rings (SSSR count). The van der Waals surface area contributed by atoms with Crippen LogP contribution in [0.4, 0.5) is 0 Å². The molecule has 0 aliphatic heterocycles. The first-order chi connectivity index (χ1) is 28.7. The van der Waals surface area contributed by atoms with Gasteiger partial charge in [-0.2, -0.15) is 0 Å². The molecule has 0 saturated heterocycles. The molecule has 4 heteroatoms. The molecule has 13 aromatic rings. The normalized spacial score (nSPS) is 12.1. The van der Waals surface area contributed by atoms with E-state index in [0.717, 1.165) is 66.3 Å². The van der Waals surface area contributed by atoms with Crippen LogP contribution < -0.4 is 0 Å². The molecule has 0 spiro atoms. The predicted octanol–water partition coefficient (Wildman–Crippen LogP) is 15.0. The Bertz CT molecular complexity index is 3780. The third-order valence-corrected chi connectivity index (χ3v) is 12.1. The van der Waals surface area contributed by atoms with E-state index in [1.807, 2.05) is 24.3 Å². The molecule has 4 aromatic heterocycles. The van der Waals surface area contributed by atoms with Crippen LogP contribution in [0.5, 0.6) is 0 Å².